The number of hydrogen-bond donors (Lipinski definition) is 2. The summed E-state index contributed by atoms with van der Waals surface area (Å²) in [5, 5.41) is 8.59. The SMILES string of the molecule is COc1ccc(-n2ncc(C(C)NC(=O)c3ccc4[nH]ccc4c3)c2C)cc1. The van der Waals surface area contributed by atoms with Crippen LogP contribution in [0.4, 0.5) is 0 Å². The molecule has 0 aliphatic carbocycles. The van der Waals surface area contributed by atoms with Gasteiger partial charge in [-0.1, -0.05) is 0 Å². The zero-order valence-electron chi connectivity index (χ0n) is 16.1. The molecule has 28 heavy (non-hydrogen) atoms. The number of methoxy groups -OCH3 is 1. The van der Waals surface area contributed by atoms with Crippen molar-refractivity contribution < 1.29 is 9.53 Å². The third-order valence-corrected chi connectivity index (χ3v) is 4.99. The van der Waals surface area contributed by atoms with E-state index in [1.165, 1.54) is 0 Å². The van der Waals surface area contributed by atoms with E-state index in [2.05, 4.69) is 15.4 Å². The van der Waals surface area contributed by atoms with Crippen LogP contribution in [-0.2, 0) is 0 Å². The second kappa shape index (κ2) is 7.23. The Kier molecular flexibility index (Phi) is 4.61. The Morgan fingerprint density at radius 3 is 2.71 bits per heavy atom. The van der Waals surface area contributed by atoms with Gasteiger partial charge in [0.1, 0.15) is 5.75 Å². The highest BCUT2D eigenvalue weighted by molar-refractivity contribution is 5.98. The molecule has 2 aromatic heterocycles. The monoisotopic (exact) mass is 374 g/mol. The standard InChI is InChI=1S/C22H22N4O2/c1-14(25-22(27)17-4-9-21-16(12-17)10-11-23-21)20-13-24-26(15(20)2)18-5-7-19(28-3)8-6-18/h4-14,23H,1-3H3,(H,25,27). The summed E-state index contributed by atoms with van der Waals surface area (Å²) in [4.78, 5) is 15.8. The Hall–Kier alpha value is -3.54. The Morgan fingerprint density at radius 2 is 1.96 bits per heavy atom. The zero-order chi connectivity index (χ0) is 19.7. The summed E-state index contributed by atoms with van der Waals surface area (Å²) in [5.74, 6) is 0.695. The number of hydrogen-bond acceptors (Lipinski definition) is 3. The van der Waals surface area contributed by atoms with Crippen LogP contribution in [0.25, 0.3) is 16.6 Å². The molecule has 0 aliphatic heterocycles. The van der Waals surface area contributed by atoms with Gasteiger partial charge in [-0.3, -0.25) is 4.79 Å². The number of aromatic amines is 1. The zero-order valence-corrected chi connectivity index (χ0v) is 16.1. The van der Waals surface area contributed by atoms with E-state index in [0.29, 0.717) is 5.56 Å². The Bertz CT molecular complexity index is 1130. The van der Waals surface area contributed by atoms with E-state index in [9.17, 15) is 4.79 Å². The van der Waals surface area contributed by atoms with Gasteiger partial charge in [-0.05, 0) is 62.4 Å². The van der Waals surface area contributed by atoms with Crippen LogP contribution in [0, 0.1) is 6.92 Å². The predicted molar refractivity (Wildman–Crippen MR) is 109 cm³/mol. The van der Waals surface area contributed by atoms with Crippen molar-refractivity contribution in [2.75, 3.05) is 7.11 Å². The van der Waals surface area contributed by atoms with Crippen LogP contribution in [0.2, 0.25) is 0 Å². The van der Waals surface area contributed by atoms with Crippen LogP contribution < -0.4 is 10.1 Å². The molecule has 1 atom stereocenters. The minimum Gasteiger partial charge on any atom is -0.497 e. The number of benzene rings is 2. The normalized spacial score (nSPS) is 12.1. The average Bonchev–Trinajstić information content (AvgIpc) is 3.33. The van der Waals surface area contributed by atoms with Crippen LogP contribution in [0.5, 0.6) is 5.75 Å². The molecule has 1 unspecified atom stereocenters. The van der Waals surface area contributed by atoms with E-state index in [-0.39, 0.29) is 11.9 Å². The van der Waals surface area contributed by atoms with Crippen molar-refractivity contribution in [3.63, 3.8) is 0 Å². The smallest absolute Gasteiger partial charge is 0.251 e. The van der Waals surface area contributed by atoms with Crippen molar-refractivity contribution in [2.24, 2.45) is 0 Å². The molecule has 0 spiro atoms. The first-order valence-corrected chi connectivity index (χ1v) is 9.14. The Labute approximate surface area is 163 Å². The molecule has 0 saturated heterocycles. The van der Waals surface area contributed by atoms with Gasteiger partial charge in [0.05, 0.1) is 25.0 Å². The fourth-order valence-electron chi connectivity index (χ4n) is 3.38. The maximum absolute atomic E-state index is 12.7. The number of nitrogens with one attached hydrogen (secondary N) is 2. The predicted octanol–water partition coefficient (Wildman–Crippen LogP) is 4.16. The number of carbonyl (C=O) groups excluding carboxylic acids is 1. The summed E-state index contributed by atoms with van der Waals surface area (Å²) in [5.41, 5.74) is 4.56. The lowest BCUT2D eigenvalue weighted by molar-refractivity contribution is 0.0940. The van der Waals surface area contributed by atoms with Gasteiger partial charge in [0, 0.05) is 33.9 Å². The van der Waals surface area contributed by atoms with Crippen molar-refractivity contribution in [3.05, 3.63) is 77.7 Å². The quantitative estimate of drug-likeness (QED) is 0.551. The number of nitrogens with zero attached hydrogens (tertiary/aromatic N) is 2. The van der Waals surface area contributed by atoms with Crippen LogP contribution in [0.15, 0.2) is 60.9 Å². The molecule has 2 heterocycles. The summed E-state index contributed by atoms with van der Waals surface area (Å²) < 4.78 is 7.07. The van der Waals surface area contributed by atoms with E-state index < -0.39 is 0 Å². The van der Waals surface area contributed by atoms with Crippen molar-refractivity contribution in [3.8, 4) is 11.4 Å². The van der Waals surface area contributed by atoms with Crippen molar-refractivity contribution in [1.29, 1.82) is 0 Å². The molecule has 6 heteroatoms. The maximum Gasteiger partial charge on any atom is 0.251 e. The van der Waals surface area contributed by atoms with Gasteiger partial charge in [0.15, 0.2) is 0 Å². The van der Waals surface area contributed by atoms with Gasteiger partial charge in [0.25, 0.3) is 5.91 Å². The second-order valence-electron chi connectivity index (χ2n) is 6.77. The highest BCUT2D eigenvalue weighted by Gasteiger charge is 2.17. The topological polar surface area (TPSA) is 71.9 Å². The minimum absolute atomic E-state index is 0.104. The van der Waals surface area contributed by atoms with Gasteiger partial charge in [-0.15, -0.1) is 0 Å². The number of rotatable bonds is 5. The molecule has 1 amide bonds. The first kappa shape index (κ1) is 17.9. The van der Waals surface area contributed by atoms with Crippen LogP contribution in [-0.4, -0.2) is 27.8 Å². The highest BCUT2D eigenvalue weighted by Crippen LogP contribution is 2.22. The first-order valence-electron chi connectivity index (χ1n) is 9.14. The van der Waals surface area contributed by atoms with Crippen LogP contribution in [0.1, 0.15) is 34.6 Å². The fraction of sp³-hybridized carbons (Fsp3) is 0.182. The molecule has 0 radical (unpaired) electrons. The number of carbonyl (C=O) groups is 1. The summed E-state index contributed by atoms with van der Waals surface area (Å²) >= 11 is 0. The van der Waals surface area contributed by atoms with Gasteiger partial charge in [0.2, 0.25) is 0 Å². The lowest BCUT2D eigenvalue weighted by Gasteiger charge is -2.14. The van der Waals surface area contributed by atoms with Gasteiger partial charge in [-0.2, -0.15) is 5.10 Å². The molecule has 6 nitrogen and oxygen atoms in total. The van der Waals surface area contributed by atoms with E-state index in [1.807, 2.05) is 73.3 Å². The summed E-state index contributed by atoms with van der Waals surface area (Å²) in [6.07, 6.45) is 3.67. The molecule has 2 aromatic carbocycles. The van der Waals surface area contributed by atoms with Crippen LogP contribution in [0.3, 0.4) is 0 Å². The fourth-order valence-corrected chi connectivity index (χ4v) is 3.38. The number of aromatic nitrogens is 3. The van der Waals surface area contributed by atoms with Gasteiger partial charge >= 0.3 is 0 Å². The Morgan fingerprint density at radius 1 is 1.18 bits per heavy atom. The van der Waals surface area contributed by atoms with Crippen molar-refractivity contribution in [1.82, 2.24) is 20.1 Å². The minimum atomic E-state index is -0.165. The number of H-pyrrole nitrogens is 1. The molecular weight excluding hydrogens is 352 g/mol. The highest BCUT2D eigenvalue weighted by atomic mass is 16.5. The molecule has 0 bridgehead atoms. The van der Waals surface area contributed by atoms with E-state index in [1.54, 1.807) is 13.3 Å². The number of fused-ring (bicyclic) bond motifs is 1. The summed E-state index contributed by atoms with van der Waals surface area (Å²) in [6.45, 7) is 3.97. The van der Waals surface area contributed by atoms with Crippen LogP contribution >= 0.6 is 0 Å². The largest absolute Gasteiger partial charge is 0.497 e. The number of ether oxygens (including phenoxy) is 1. The second-order valence-corrected chi connectivity index (χ2v) is 6.77. The first-order chi connectivity index (χ1) is 13.6. The van der Waals surface area contributed by atoms with E-state index in [4.69, 9.17) is 4.74 Å². The average molecular weight is 374 g/mol. The molecule has 2 N–H and O–H groups in total. The summed E-state index contributed by atoms with van der Waals surface area (Å²) in [7, 11) is 1.64. The molecule has 142 valence electrons. The molecule has 0 fully saturated rings. The Balaban J connectivity index is 1.53. The molecule has 4 rings (SSSR count). The van der Waals surface area contributed by atoms with Crippen molar-refractivity contribution >= 4 is 16.8 Å². The van der Waals surface area contributed by atoms with Gasteiger partial charge < -0.3 is 15.0 Å². The molecule has 0 saturated carbocycles. The lowest BCUT2D eigenvalue weighted by Crippen LogP contribution is -2.26. The van der Waals surface area contributed by atoms with E-state index in [0.717, 1.165) is 33.6 Å². The molecule has 0 aliphatic rings. The maximum atomic E-state index is 12.7. The molecular formula is C22H22N4O2. The van der Waals surface area contributed by atoms with E-state index >= 15 is 0 Å². The summed E-state index contributed by atoms with van der Waals surface area (Å²) in [6, 6.07) is 15.1. The third-order valence-electron chi connectivity index (χ3n) is 4.99. The third kappa shape index (κ3) is 3.24. The number of amides is 1. The molecule has 4 aromatic rings. The van der Waals surface area contributed by atoms with Gasteiger partial charge in [-0.25, -0.2) is 4.68 Å². The lowest BCUT2D eigenvalue weighted by atomic mass is 10.1. The van der Waals surface area contributed by atoms with Crippen molar-refractivity contribution in [2.45, 2.75) is 19.9 Å².